The van der Waals surface area contributed by atoms with Crippen LogP contribution in [-0.4, -0.2) is 34.9 Å². The number of aliphatic hydroxyl groups is 2. The van der Waals surface area contributed by atoms with Crippen LogP contribution in [-0.2, 0) is 4.79 Å². The number of hydrogen-bond donors (Lipinski definition) is 3. The van der Waals surface area contributed by atoms with E-state index in [1.54, 1.807) is 6.08 Å². The number of hydrogen-bond acceptors (Lipinski definition) is 3. The molecule has 3 N–H and O–H groups in total. The first-order valence-corrected chi connectivity index (χ1v) is 23.9. The molecule has 0 radical (unpaired) electrons. The predicted octanol–water partition coefficient (Wildman–Crippen LogP) is 15.5. The van der Waals surface area contributed by atoms with Gasteiger partial charge >= 0.3 is 0 Å². The Kier molecular flexibility index (Phi) is 46.0. The highest BCUT2D eigenvalue weighted by Crippen LogP contribution is 2.12. The van der Waals surface area contributed by atoms with E-state index in [-0.39, 0.29) is 12.5 Å². The van der Waals surface area contributed by atoms with E-state index < -0.39 is 12.1 Å². The van der Waals surface area contributed by atoms with Gasteiger partial charge in [-0.15, -0.1) is 0 Å². The fourth-order valence-electron chi connectivity index (χ4n) is 6.24. The summed E-state index contributed by atoms with van der Waals surface area (Å²) >= 11 is 0. The minimum Gasteiger partial charge on any atom is -0.394 e. The fourth-order valence-corrected chi connectivity index (χ4v) is 6.24. The van der Waals surface area contributed by atoms with E-state index in [0.29, 0.717) is 6.42 Å². The van der Waals surface area contributed by atoms with Crippen LogP contribution in [0.3, 0.4) is 0 Å². The number of carbonyl (C=O) groups excluding carboxylic acids is 1. The quantitative estimate of drug-likeness (QED) is 0.0425. The van der Waals surface area contributed by atoms with E-state index in [0.717, 1.165) is 96.3 Å². The Morgan fingerprint density at radius 3 is 1.19 bits per heavy atom. The SMILES string of the molecule is CC/C=C\C/C=C\C/C=C\C/C=C\C/C=C\C/C=C\C/C=C\C/C=C\C/C=C\CCCCCCCCCCCC(=O)NC(CO)C(O)/C=C/CC/C=C/CCCCCC. The van der Waals surface area contributed by atoms with E-state index in [1.165, 1.54) is 70.6 Å². The molecule has 0 aromatic heterocycles. The highest BCUT2D eigenvalue weighted by atomic mass is 16.3. The third kappa shape index (κ3) is 45.5. The molecule has 0 aromatic rings. The van der Waals surface area contributed by atoms with Crippen LogP contribution in [0, 0.1) is 0 Å². The molecule has 0 spiro atoms. The van der Waals surface area contributed by atoms with Crippen LogP contribution in [0.1, 0.15) is 187 Å². The highest BCUT2D eigenvalue weighted by Gasteiger charge is 2.17. The van der Waals surface area contributed by atoms with E-state index >= 15 is 0 Å². The summed E-state index contributed by atoms with van der Waals surface area (Å²) in [4.78, 5) is 12.4. The van der Waals surface area contributed by atoms with Gasteiger partial charge in [0.05, 0.1) is 18.8 Å². The zero-order chi connectivity index (χ0) is 42.8. The third-order valence-electron chi connectivity index (χ3n) is 9.87. The molecule has 4 nitrogen and oxygen atoms in total. The smallest absolute Gasteiger partial charge is 0.220 e. The molecule has 2 atom stereocenters. The van der Waals surface area contributed by atoms with Crippen molar-refractivity contribution in [1.29, 1.82) is 0 Å². The maximum Gasteiger partial charge on any atom is 0.220 e. The van der Waals surface area contributed by atoms with Gasteiger partial charge in [0.1, 0.15) is 0 Å². The molecular weight excluding hydrogens is 723 g/mol. The Labute approximate surface area is 364 Å². The average molecular weight is 812 g/mol. The summed E-state index contributed by atoms with van der Waals surface area (Å²) < 4.78 is 0. The monoisotopic (exact) mass is 812 g/mol. The molecular formula is C55H89NO3. The number of unbranched alkanes of at least 4 members (excludes halogenated alkanes) is 14. The van der Waals surface area contributed by atoms with Crippen LogP contribution in [0.2, 0.25) is 0 Å². The van der Waals surface area contributed by atoms with Crippen molar-refractivity contribution in [3.8, 4) is 0 Å². The van der Waals surface area contributed by atoms with Gasteiger partial charge in [0.2, 0.25) is 5.91 Å². The van der Waals surface area contributed by atoms with Crippen molar-refractivity contribution in [2.24, 2.45) is 0 Å². The minimum atomic E-state index is -0.871. The van der Waals surface area contributed by atoms with Crippen LogP contribution in [0.5, 0.6) is 0 Å². The Balaban J connectivity index is 3.64. The Hall–Kier alpha value is -3.47. The zero-order valence-electron chi connectivity index (χ0n) is 38.0. The molecule has 2 unspecified atom stereocenters. The number of allylic oxidation sites excluding steroid dienone is 21. The summed E-state index contributed by atoms with van der Waals surface area (Å²) in [6, 6.07) is -0.649. The molecule has 0 saturated heterocycles. The van der Waals surface area contributed by atoms with Crippen molar-refractivity contribution in [3.05, 3.63) is 134 Å². The summed E-state index contributed by atoms with van der Waals surface area (Å²) in [5.41, 5.74) is 0. The second-order valence-corrected chi connectivity index (χ2v) is 15.4. The number of amides is 1. The number of carbonyl (C=O) groups is 1. The molecule has 332 valence electrons. The van der Waals surface area contributed by atoms with Crippen molar-refractivity contribution in [3.63, 3.8) is 0 Å². The molecule has 0 bridgehead atoms. The topological polar surface area (TPSA) is 69.6 Å². The summed E-state index contributed by atoms with van der Waals surface area (Å²) in [7, 11) is 0. The van der Waals surface area contributed by atoms with Gasteiger partial charge in [0, 0.05) is 6.42 Å². The van der Waals surface area contributed by atoms with Gasteiger partial charge in [-0.3, -0.25) is 4.79 Å². The Bertz CT molecular complexity index is 1240. The lowest BCUT2D eigenvalue weighted by molar-refractivity contribution is -0.123. The van der Waals surface area contributed by atoms with Gasteiger partial charge in [-0.25, -0.2) is 0 Å². The molecule has 0 fully saturated rings. The van der Waals surface area contributed by atoms with Crippen molar-refractivity contribution >= 4 is 5.91 Å². The summed E-state index contributed by atoms with van der Waals surface area (Å²) in [5, 5.41) is 22.9. The third-order valence-corrected chi connectivity index (χ3v) is 9.87. The van der Waals surface area contributed by atoms with Crippen LogP contribution >= 0.6 is 0 Å². The summed E-state index contributed by atoms with van der Waals surface area (Å²) in [6.07, 6.45) is 77.2. The van der Waals surface area contributed by atoms with E-state index in [1.807, 2.05) is 6.08 Å². The standard InChI is InChI=1S/C55H89NO3/c1-3-5-7-9-11-13-15-16-17-18-19-20-21-22-23-24-25-26-27-28-29-30-31-32-33-34-35-36-37-38-39-40-41-43-45-47-49-51-55(59)56-53(52-57)54(58)50-48-46-44-42-14-12-10-8-6-4-2/h5,7,11,13-14,16-17,19-20,22-23,25-26,28-29,31-32,34-35,42,48,50,53-54,57-58H,3-4,6,8-10,12,15,18,21,24,27,30,33,36-41,43-47,49,51-52H2,1-2H3,(H,56,59)/b7-5-,13-11-,17-16-,20-19-,23-22-,26-25-,29-28-,32-31-,35-34-,42-14+,50-48+. The molecule has 0 aliphatic carbocycles. The fraction of sp³-hybridized carbons (Fsp3) is 0.582. The average Bonchev–Trinajstić information content (AvgIpc) is 3.24. The van der Waals surface area contributed by atoms with Gasteiger partial charge < -0.3 is 15.5 Å². The van der Waals surface area contributed by atoms with Gasteiger partial charge in [-0.2, -0.15) is 0 Å². The molecule has 0 heterocycles. The normalized spacial score (nSPS) is 14.2. The number of nitrogens with one attached hydrogen (secondary N) is 1. The second kappa shape index (κ2) is 48.9. The van der Waals surface area contributed by atoms with Crippen LogP contribution in [0.25, 0.3) is 0 Å². The van der Waals surface area contributed by atoms with Gasteiger partial charge in [-0.05, 0) is 103 Å². The molecule has 0 rings (SSSR count). The van der Waals surface area contributed by atoms with E-state index in [2.05, 4.69) is 141 Å². The molecule has 0 aromatic carbocycles. The Morgan fingerprint density at radius 2 is 0.763 bits per heavy atom. The van der Waals surface area contributed by atoms with Gasteiger partial charge in [0.25, 0.3) is 0 Å². The first kappa shape index (κ1) is 55.5. The van der Waals surface area contributed by atoms with Crippen molar-refractivity contribution < 1.29 is 15.0 Å². The lowest BCUT2D eigenvalue weighted by Crippen LogP contribution is -2.45. The number of rotatable bonds is 41. The van der Waals surface area contributed by atoms with E-state index in [9.17, 15) is 15.0 Å². The predicted molar refractivity (Wildman–Crippen MR) is 262 cm³/mol. The lowest BCUT2D eigenvalue weighted by atomic mass is 10.1. The van der Waals surface area contributed by atoms with Gasteiger partial charge in [0.15, 0.2) is 0 Å². The van der Waals surface area contributed by atoms with Crippen LogP contribution < -0.4 is 5.32 Å². The summed E-state index contributed by atoms with van der Waals surface area (Å²) in [6.45, 7) is 4.12. The van der Waals surface area contributed by atoms with Crippen molar-refractivity contribution in [2.45, 2.75) is 199 Å². The van der Waals surface area contributed by atoms with E-state index in [4.69, 9.17) is 0 Å². The lowest BCUT2D eigenvalue weighted by Gasteiger charge is -2.19. The maximum atomic E-state index is 12.4. The largest absolute Gasteiger partial charge is 0.394 e. The van der Waals surface area contributed by atoms with Crippen LogP contribution in [0.4, 0.5) is 0 Å². The summed E-state index contributed by atoms with van der Waals surface area (Å²) in [5.74, 6) is -0.0897. The Morgan fingerprint density at radius 1 is 0.424 bits per heavy atom. The zero-order valence-corrected chi connectivity index (χ0v) is 38.0. The molecule has 0 aliphatic rings. The maximum absolute atomic E-state index is 12.4. The van der Waals surface area contributed by atoms with Crippen LogP contribution in [0.15, 0.2) is 134 Å². The minimum absolute atomic E-state index is 0.0897. The molecule has 4 heteroatoms. The molecule has 59 heavy (non-hydrogen) atoms. The molecule has 1 amide bonds. The first-order chi connectivity index (χ1) is 29.2. The second-order valence-electron chi connectivity index (χ2n) is 15.4. The molecule has 0 aliphatic heterocycles. The first-order valence-electron chi connectivity index (χ1n) is 23.9. The van der Waals surface area contributed by atoms with Crippen molar-refractivity contribution in [2.75, 3.05) is 6.61 Å². The highest BCUT2D eigenvalue weighted by molar-refractivity contribution is 5.76. The molecule has 0 saturated carbocycles. The number of aliphatic hydroxyl groups excluding tert-OH is 2. The van der Waals surface area contributed by atoms with Gasteiger partial charge in [-0.1, -0.05) is 212 Å². The van der Waals surface area contributed by atoms with Crippen molar-refractivity contribution in [1.82, 2.24) is 5.32 Å².